The molecule has 2 rings (SSSR count). The van der Waals surface area contributed by atoms with Crippen LogP contribution in [0, 0.1) is 0 Å². The van der Waals surface area contributed by atoms with Crippen molar-refractivity contribution in [3.05, 3.63) is 17.8 Å². The van der Waals surface area contributed by atoms with Crippen molar-refractivity contribution in [2.45, 2.75) is 58.0 Å². The van der Waals surface area contributed by atoms with E-state index < -0.39 is 0 Å². The minimum absolute atomic E-state index is 0.603. The van der Waals surface area contributed by atoms with Crippen molar-refractivity contribution in [2.24, 2.45) is 5.73 Å². The van der Waals surface area contributed by atoms with E-state index in [1.165, 1.54) is 19.4 Å². The number of likely N-dealkylation sites (tertiary alicyclic amines) is 1. The molecule has 0 spiro atoms. The average molecular weight is 251 g/mol. The molecule has 2 N–H and O–H groups in total. The Morgan fingerprint density at radius 1 is 1.56 bits per heavy atom. The van der Waals surface area contributed by atoms with E-state index in [1.54, 1.807) is 0 Å². The summed E-state index contributed by atoms with van der Waals surface area (Å²) >= 11 is 0. The van der Waals surface area contributed by atoms with Crippen LogP contribution in [-0.2, 0) is 12.8 Å². The van der Waals surface area contributed by atoms with Crippen molar-refractivity contribution in [1.82, 2.24) is 9.88 Å². The molecular weight excluding hydrogens is 226 g/mol. The van der Waals surface area contributed by atoms with Crippen molar-refractivity contribution in [3.63, 3.8) is 0 Å². The third-order valence-electron chi connectivity index (χ3n) is 3.72. The summed E-state index contributed by atoms with van der Waals surface area (Å²) in [6, 6.07) is 1.22. The van der Waals surface area contributed by atoms with E-state index >= 15 is 0 Å². The van der Waals surface area contributed by atoms with Crippen LogP contribution in [0.4, 0.5) is 0 Å². The van der Waals surface area contributed by atoms with Crippen LogP contribution in [0.15, 0.2) is 10.6 Å². The first-order valence-electron chi connectivity index (χ1n) is 7.10. The van der Waals surface area contributed by atoms with Crippen molar-refractivity contribution >= 4 is 0 Å². The standard InChI is InChI=1S/C14H25N3O/c1-11(2)17-8-4-5-12(17)9-14-16-10-13(18-14)6-3-7-15/h10-12H,3-9,15H2,1-2H3. The molecule has 18 heavy (non-hydrogen) atoms. The molecule has 4 heteroatoms. The zero-order valence-corrected chi connectivity index (χ0v) is 11.6. The Bertz CT molecular complexity index is 362. The largest absolute Gasteiger partial charge is 0.446 e. The highest BCUT2D eigenvalue weighted by atomic mass is 16.4. The first kappa shape index (κ1) is 13.6. The van der Waals surface area contributed by atoms with Crippen molar-refractivity contribution < 1.29 is 4.42 Å². The molecule has 1 aromatic heterocycles. The van der Waals surface area contributed by atoms with Crippen LogP contribution in [0.5, 0.6) is 0 Å². The first-order valence-corrected chi connectivity index (χ1v) is 7.10. The van der Waals surface area contributed by atoms with Gasteiger partial charge in [0, 0.05) is 24.9 Å². The first-order chi connectivity index (χ1) is 8.70. The highest BCUT2D eigenvalue weighted by Crippen LogP contribution is 2.23. The van der Waals surface area contributed by atoms with Gasteiger partial charge in [0.2, 0.25) is 0 Å². The van der Waals surface area contributed by atoms with Crippen LogP contribution in [0.1, 0.15) is 44.8 Å². The molecule has 1 unspecified atom stereocenters. The third kappa shape index (κ3) is 3.33. The maximum Gasteiger partial charge on any atom is 0.195 e. The van der Waals surface area contributed by atoms with Gasteiger partial charge in [-0.15, -0.1) is 0 Å². The summed E-state index contributed by atoms with van der Waals surface area (Å²) < 4.78 is 5.78. The van der Waals surface area contributed by atoms with Crippen LogP contribution < -0.4 is 5.73 Å². The lowest BCUT2D eigenvalue weighted by atomic mass is 10.1. The Hall–Kier alpha value is -0.870. The van der Waals surface area contributed by atoms with Crippen molar-refractivity contribution in [3.8, 4) is 0 Å². The third-order valence-corrected chi connectivity index (χ3v) is 3.72. The normalized spacial score (nSPS) is 21.0. The van der Waals surface area contributed by atoms with Crippen molar-refractivity contribution in [1.29, 1.82) is 0 Å². The summed E-state index contributed by atoms with van der Waals surface area (Å²) in [6.07, 6.45) is 7.24. The van der Waals surface area contributed by atoms with Gasteiger partial charge in [0.05, 0.1) is 6.20 Å². The summed E-state index contributed by atoms with van der Waals surface area (Å²) in [6.45, 7) is 6.45. The molecule has 102 valence electrons. The molecule has 0 radical (unpaired) electrons. The monoisotopic (exact) mass is 251 g/mol. The van der Waals surface area contributed by atoms with Crippen molar-refractivity contribution in [2.75, 3.05) is 13.1 Å². The second-order valence-corrected chi connectivity index (χ2v) is 5.44. The van der Waals surface area contributed by atoms with Gasteiger partial charge in [-0.2, -0.15) is 0 Å². The van der Waals surface area contributed by atoms with Gasteiger partial charge in [-0.25, -0.2) is 4.98 Å². The minimum Gasteiger partial charge on any atom is -0.446 e. The number of aromatic nitrogens is 1. The molecule has 1 aliphatic heterocycles. The van der Waals surface area contributed by atoms with Crippen LogP contribution in [0.3, 0.4) is 0 Å². The maximum atomic E-state index is 5.78. The Morgan fingerprint density at radius 3 is 3.11 bits per heavy atom. The number of nitrogens with zero attached hydrogens (tertiary/aromatic N) is 2. The highest BCUT2D eigenvalue weighted by Gasteiger charge is 2.27. The summed E-state index contributed by atoms with van der Waals surface area (Å²) in [5.74, 6) is 1.86. The number of nitrogens with two attached hydrogens (primary N) is 1. The van der Waals surface area contributed by atoms with Gasteiger partial charge in [0.1, 0.15) is 5.76 Å². The van der Waals surface area contributed by atoms with E-state index in [2.05, 4.69) is 23.7 Å². The van der Waals surface area contributed by atoms with Crippen LogP contribution in [0.25, 0.3) is 0 Å². The zero-order valence-electron chi connectivity index (χ0n) is 11.6. The van der Waals surface area contributed by atoms with E-state index in [9.17, 15) is 0 Å². The van der Waals surface area contributed by atoms with Gasteiger partial charge in [-0.05, 0) is 46.2 Å². The van der Waals surface area contributed by atoms with E-state index in [-0.39, 0.29) is 0 Å². The van der Waals surface area contributed by atoms with Crippen LogP contribution in [-0.4, -0.2) is 35.1 Å². The Kier molecular flexibility index (Phi) is 4.78. The van der Waals surface area contributed by atoms with E-state index in [0.29, 0.717) is 18.6 Å². The van der Waals surface area contributed by atoms with Gasteiger partial charge in [0.15, 0.2) is 5.89 Å². The molecule has 0 amide bonds. The summed E-state index contributed by atoms with van der Waals surface area (Å²) in [7, 11) is 0. The molecule has 1 aromatic rings. The smallest absolute Gasteiger partial charge is 0.195 e. The predicted octanol–water partition coefficient (Wildman–Crippen LogP) is 1.98. The molecule has 0 aromatic carbocycles. The molecule has 0 saturated carbocycles. The Balaban J connectivity index is 1.90. The number of hydrogen-bond donors (Lipinski definition) is 1. The van der Waals surface area contributed by atoms with Crippen LogP contribution >= 0.6 is 0 Å². The molecule has 0 bridgehead atoms. The Morgan fingerprint density at radius 2 is 2.39 bits per heavy atom. The summed E-state index contributed by atoms with van der Waals surface area (Å²) in [4.78, 5) is 6.95. The van der Waals surface area contributed by atoms with Crippen LogP contribution in [0.2, 0.25) is 0 Å². The molecule has 1 saturated heterocycles. The fourth-order valence-electron chi connectivity index (χ4n) is 2.79. The minimum atomic E-state index is 0.603. The second-order valence-electron chi connectivity index (χ2n) is 5.44. The number of rotatable bonds is 6. The molecule has 1 fully saturated rings. The quantitative estimate of drug-likeness (QED) is 0.840. The van der Waals surface area contributed by atoms with E-state index in [4.69, 9.17) is 10.2 Å². The molecule has 0 aliphatic carbocycles. The molecule has 2 heterocycles. The van der Waals surface area contributed by atoms with Gasteiger partial charge >= 0.3 is 0 Å². The molecular formula is C14H25N3O. The predicted molar refractivity (Wildman–Crippen MR) is 72.4 cm³/mol. The highest BCUT2D eigenvalue weighted by molar-refractivity contribution is 4.97. The number of oxazole rings is 1. The maximum absolute atomic E-state index is 5.78. The van der Waals surface area contributed by atoms with Gasteiger partial charge < -0.3 is 10.2 Å². The SMILES string of the molecule is CC(C)N1CCCC1Cc1ncc(CCCN)o1. The zero-order chi connectivity index (χ0) is 13.0. The summed E-state index contributed by atoms with van der Waals surface area (Å²) in [5.41, 5.74) is 5.50. The molecule has 4 nitrogen and oxygen atoms in total. The fourth-order valence-corrected chi connectivity index (χ4v) is 2.79. The van der Waals surface area contributed by atoms with E-state index in [0.717, 1.165) is 30.9 Å². The lowest BCUT2D eigenvalue weighted by Gasteiger charge is -2.27. The number of aryl methyl sites for hydroxylation is 1. The van der Waals surface area contributed by atoms with Gasteiger partial charge in [-0.3, -0.25) is 4.90 Å². The summed E-state index contributed by atoms with van der Waals surface area (Å²) in [5, 5.41) is 0. The van der Waals surface area contributed by atoms with E-state index in [1.807, 2.05) is 6.20 Å². The lowest BCUT2D eigenvalue weighted by molar-refractivity contribution is 0.195. The second kappa shape index (κ2) is 6.34. The Labute approximate surface area is 110 Å². The van der Waals surface area contributed by atoms with Gasteiger partial charge in [-0.1, -0.05) is 0 Å². The topological polar surface area (TPSA) is 55.3 Å². The lowest BCUT2D eigenvalue weighted by Crippen LogP contribution is -2.36. The fraction of sp³-hybridized carbons (Fsp3) is 0.786. The van der Waals surface area contributed by atoms with Gasteiger partial charge in [0.25, 0.3) is 0 Å². The molecule has 1 aliphatic rings. The molecule has 1 atom stereocenters. The average Bonchev–Trinajstić information content (AvgIpc) is 2.96. The number of hydrogen-bond acceptors (Lipinski definition) is 4.